The van der Waals surface area contributed by atoms with E-state index in [1.54, 1.807) is 20.7 Å². The number of nitrogens with zero attached hydrogens (tertiary/aromatic N) is 5. The van der Waals surface area contributed by atoms with Crippen LogP contribution in [0, 0.1) is 11.3 Å². The molecule has 29 heavy (non-hydrogen) atoms. The maximum atomic E-state index is 13.0. The van der Waals surface area contributed by atoms with Gasteiger partial charge in [0.2, 0.25) is 5.91 Å². The standard InChI is InChI=1S/C20H23N5O4/c1-14(26)23-9-15-10-24(13-20(15,12-23)8-7-18(27)28)19(29)17-11-25(22-21-17)16-5-3-2-4-6-16/h2-6,11,15H,7-10,12-13H2,1H3,(H,27,28)/t15-,20+/m1/s1. The summed E-state index contributed by atoms with van der Waals surface area (Å²) in [6, 6.07) is 9.41. The van der Waals surface area contributed by atoms with Crippen molar-refractivity contribution in [1.29, 1.82) is 0 Å². The Kier molecular flexibility index (Phi) is 4.81. The molecule has 1 aromatic carbocycles. The smallest absolute Gasteiger partial charge is 0.303 e. The molecule has 2 fully saturated rings. The number of para-hydroxylation sites is 1. The third-order valence-electron chi connectivity index (χ3n) is 6.06. The Bertz CT molecular complexity index is 943. The van der Waals surface area contributed by atoms with Crippen molar-refractivity contribution in [3.63, 3.8) is 0 Å². The van der Waals surface area contributed by atoms with E-state index in [1.165, 1.54) is 6.92 Å². The highest BCUT2D eigenvalue weighted by Crippen LogP contribution is 2.46. The summed E-state index contributed by atoms with van der Waals surface area (Å²) >= 11 is 0. The molecule has 9 nitrogen and oxygen atoms in total. The van der Waals surface area contributed by atoms with E-state index in [0.29, 0.717) is 32.6 Å². The number of carbonyl (C=O) groups excluding carboxylic acids is 2. The van der Waals surface area contributed by atoms with Crippen LogP contribution in [0.3, 0.4) is 0 Å². The molecule has 0 bridgehead atoms. The fourth-order valence-electron chi connectivity index (χ4n) is 4.52. The lowest BCUT2D eigenvalue weighted by Gasteiger charge is -2.28. The molecule has 2 amide bonds. The van der Waals surface area contributed by atoms with Crippen LogP contribution in [0.2, 0.25) is 0 Å². The second-order valence-corrected chi connectivity index (χ2v) is 7.92. The van der Waals surface area contributed by atoms with E-state index in [-0.39, 0.29) is 35.3 Å². The summed E-state index contributed by atoms with van der Waals surface area (Å²) in [5, 5.41) is 17.2. The largest absolute Gasteiger partial charge is 0.481 e. The molecule has 1 aromatic heterocycles. The van der Waals surface area contributed by atoms with E-state index in [0.717, 1.165) is 5.69 Å². The van der Waals surface area contributed by atoms with Gasteiger partial charge in [0.15, 0.2) is 5.69 Å². The predicted octanol–water partition coefficient (Wildman–Crippen LogP) is 1.05. The number of aliphatic carboxylic acids is 1. The number of aromatic nitrogens is 3. The molecule has 0 unspecified atom stereocenters. The number of likely N-dealkylation sites (tertiary alicyclic amines) is 2. The molecule has 2 saturated heterocycles. The van der Waals surface area contributed by atoms with Gasteiger partial charge in [0.1, 0.15) is 0 Å². The van der Waals surface area contributed by atoms with Gasteiger partial charge in [-0.2, -0.15) is 0 Å². The second-order valence-electron chi connectivity index (χ2n) is 7.92. The van der Waals surface area contributed by atoms with Crippen LogP contribution in [0.4, 0.5) is 0 Å². The zero-order chi connectivity index (χ0) is 20.6. The Morgan fingerprint density at radius 1 is 1.14 bits per heavy atom. The van der Waals surface area contributed by atoms with Gasteiger partial charge >= 0.3 is 5.97 Å². The second kappa shape index (κ2) is 7.31. The van der Waals surface area contributed by atoms with Crippen molar-refractivity contribution < 1.29 is 19.5 Å². The summed E-state index contributed by atoms with van der Waals surface area (Å²) < 4.78 is 1.56. The number of rotatable bonds is 5. The summed E-state index contributed by atoms with van der Waals surface area (Å²) in [7, 11) is 0. The summed E-state index contributed by atoms with van der Waals surface area (Å²) in [4.78, 5) is 39.5. The van der Waals surface area contributed by atoms with Gasteiger partial charge < -0.3 is 14.9 Å². The molecule has 0 spiro atoms. The van der Waals surface area contributed by atoms with Crippen LogP contribution >= 0.6 is 0 Å². The maximum Gasteiger partial charge on any atom is 0.303 e. The highest BCUT2D eigenvalue weighted by Gasteiger charge is 2.54. The van der Waals surface area contributed by atoms with E-state index in [9.17, 15) is 14.4 Å². The minimum Gasteiger partial charge on any atom is -0.481 e. The maximum absolute atomic E-state index is 13.0. The number of hydrogen-bond donors (Lipinski definition) is 1. The normalized spacial score (nSPS) is 23.3. The SMILES string of the molecule is CC(=O)N1C[C@@H]2CN(C(=O)c3cn(-c4ccccc4)nn3)C[C@]2(CCC(=O)O)C1. The number of carboxylic acid groups (broad SMARTS) is 1. The Morgan fingerprint density at radius 3 is 2.52 bits per heavy atom. The Balaban J connectivity index is 1.52. The lowest BCUT2D eigenvalue weighted by atomic mass is 9.77. The van der Waals surface area contributed by atoms with Crippen LogP contribution in [0.1, 0.15) is 30.3 Å². The molecule has 3 heterocycles. The van der Waals surface area contributed by atoms with Gasteiger partial charge in [0.05, 0.1) is 11.9 Å². The third kappa shape index (κ3) is 3.59. The zero-order valence-corrected chi connectivity index (χ0v) is 16.2. The fourth-order valence-corrected chi connectivity index (χ4v) is 4.52. The number of carbonyl (C=O) groups is 3. The Labute approximate surface area is 167 Å². The average molecular weight is 397 g/mol. The number of amides is 2. The molecule has 9 heteroatoms. The van der Waals surface area contributed by atoms with Crippen molar-refractivity contribution in [2.24, 2.45) is 11.3 Å². The molecule has 2 atom stereocenters. The van der Waals surface area contributed by atoms with Gasteiger partial charge in [-0.1, -0.05) is 23.4 Å². The van der Waals surface area contributed by atoms with E-state index in [4.69, 9.17) is 5.11 Å². The summed E-state index contributed by atoms with van der Waals surface area (Å²) in [5.74, 6) is -1.03. The molecule has 2 aromatic rings. The van der Waals surface area contributed by atoms with Crippen molar-refractivity contribution in [1.82, 2.24) is 24.8 Å². The zero-order valence-electron chi connectivity index (χ0n) is 16.2. The number of fused-ring (bicyclic) bond motifs is 1. The highest BCUT2D eigenvalue weighted by molar-refractivity contribution is 5.92. The first-order chi connectivity index (χ1) is 13.9. The quantitative estimate of drug-likeness (QED) is 0.808. The van der Waals surface area contributed by atoms with E-state index >= 15 is 0 Å². The molecular weight excluding hydrogens is 374 g/mol. The van der Waals surface area contributed by atoms with Crippen molar-refractivity contribution in [3.05, 3.63) is 42.2 Å². The molecule has 4 rings (SSSR count). The molecular formula is C20H23N5O4. The first-order valence-corrected chi connectivity index (χ1v) is 9.62. The highest BCUT2D eigenvalue weighted by atomic mass is 16.4. The van der Waals surface area contributed by atoms with Crippen molar-refractivity contribution in [3.8, 4) is 5.69 Å². The van der Waals surface area contributed by atoms with Crippen LogP contribution in [0.25, 0.3) is 5.69 Å². The number of benzene rings is 1. The van der Waals surface area contributed by atoms with Crippen LogP contribution in [0.5, 0.6) is 0 Å². The molecule has 1 N–H and O–H groups in total. The first-order valence-electron chi connectivity index (χ1n) is 9.62. The minimum atomic E-state index is -0.866. The Morgan fingerprint density at radius 2 is 1.83 bits per heavy atom. The van der Waals surface area contributed by atoms with Crippen molar-refractivity contribution >= 4 is 17.8 Å². The van der Waals surface area contributed by atoms with Crippen LogP contribution in [0.15, 0.2) is 36.5 Å². The molecule has 0 radical (unpaired) electrons. The third-order valence-corrected chi connectivity index (χ3v) is 6.06. The van der Waals surface area contributed by atoms with Gasteiger partial charge in [-0.25, -0.2) is 4.68 Å². The van der Waals surface area contributed by atoms with Crippen molar-refractivity contribution in [2.75, 3.05) is 26.2 Å². The van der Waals surface area contributed by atoms with Gasteiger partial charge in [-0.15, -0.1) is 5.10 Å². The van der Waals surface area contributed by atoms with Gasteiger partial charge in [0, 0.05) is 50.9 Å². The fraction of sp³-hybridized carbons (Fsp3) is 0.450. The summed E-state index contributed by atoms with van der Waals surface area (Å²) in [6.45, 7) is 3.47. The van der Waals surface area contributed by atoms with E-state index in [1.807, 2.05) is 30.3 Å². The van der Waals surface area contributed by atoms with E-state index in [2.05, 4.69) is 10.3 Å². The van der Waals surface area contributed by atoms with Gasteiger partial charge in [-0.3, -0.25) is 14.4 Å². The lowest BCUT2D eigenvalue weighted by molar-refractivity contribution is -0.137. The molecule has 0 aliphatic carbocycles. The van der Waals surface area contributed by atoms with Crippen molar-refractivity contribution in [2.45, 2.75) is 19.8 Å². The number of hydrogen-bond acceptors (Lipinski definition) is 5. The molecule has 152 valence electrons. The Hall–Kier alpha value is -3.23. The predicted molar refractivity (Wildman–Crippen MR) is 102 cm³/mol. The molecule has 0 saturated carbocycles. The summed E-state index contributed by atoms with van der Waals surface area (Å²) in [6.07, 6.45) is 2.07. The summed E-state index contributed by atoms with van der Waals surface area (Å²) in [5.41, 5.74) is 0.688. The minimum absolute atomic E-state index is 0.0159. The van der Waals surface area contributed by atoms with Gasteiger partial charge in [0.25, 0.3) is 5.91 Å². The topological polar surface area (TPSA) is 109 Å². The average Bonchev–Trinajstić information content (AvgIpc) is 3.39. The van der Waals surface area contributed by atoms with Crippen LogP contribution in [-0.4, -0.2) is 73.9 Å². The van der Waals surface area contributed by atoms with Crippen LogP contribution < -0.4 is 0 Å². The molecule has 2 aliphatic heterocycles. The van der Waals surface area contributed by atoms with Crippen LogP contribution in [-0.2, 0) is 9.59 Å². The monoisotopic (exact) mass is 397 g/mol. The molecule has 2 aliphatic rings. The lowest BCUT2D eigenvalue weighted by Crippen LogP contribution is -2.38. The number of carboxylic acids is 1. The van der Waals surface area contributed by atoms with Gasteiger partial charge in [-0.05, 0) is 18.6 Å². The first kappa shape index (κ1) is 19.1. The van der Waals surface area contributed by atoms with E-state index < -0.39 is 5.97 Å².